The second kappa shape index (κ2) is 35.9. The summed E-state index contributed by atoms with van der Waals surface area (Å²) < 4.78 is 33.5. The van der Waals surface area contributed by atoms with Crippen molar-refractivity contribution >= 4 is 19.8 Å². The Balaban J connectivity index is 2.47. The molecular weight excluding hydrogens is 779 g/mol. The summed E-state index contributed by atoms with van der Waals surface area (Å²) >= 11 is 0. The molecule has 0 aromatic carbocycles. The molecule has 0 heterocycles. The molecule has 1 fully saturated rings. The van der Waals surface area contributed by atoms with Crippen molar-refractivity contribution < 1.29 is 63.1 Å². The topological polar surface area (TPSA) is 210 Å². The number of aliphatic hydroxyl groups is 5. The average Bonchev–Trinajstić information content (AvgIpc) is 3.21. The minimum absolute atomic E-state index is 0.0832. The summed E-state index contributed by atoms with van der Waals surface area (Å²) in [6.07, 6.45) is 25.1. The predicted octanol–water partition coefficient (Wildman–Crippen LogP) is 8.84. The van der Waals surface area contributed by atoms with Gasteiger partial charge in [0.15, 0.2) is 6.10 Å². The molecule has 6 unspecified atom stereocenters. The molecule has 0 aliphatic heterocycles. The molecule has 0 aromatic rings. The maximum Gasteiger partial charge on any atom is 0.472 e. The molecule has 1 saturated carbocycles. The van der Waals surface area contributed by atoms with Gasteiger partial charge in [0.05, 0.1) is 6.61 Å². The largest absolute Gasteiger partial charge is 0.472 e. The van der Waals surface area contributed by atoms with E-state index in [2.05, 4.69) is 38.2 Å². The van der Waals surface area contributed by atoms with Gasteiger partial charge >= 0.3 is 19.8 Å². The fourth-order valence-electron chi connectivity index (χ4n) is 7.02. The van der Waals surface area contributed by atoms with Crippen molar-refractivity contribution in [3.05, 3.63) is 24.3 Å². The van der Waals surface area contributed by atoms with Crippen LogP contribution in [0.25, 0.3) is 0 Å². The van der Waals surface area contributed by atoms with Gasteiger partial charge in [-0.15, -0.1) is 0 Å². The summed E-state index contributed by atoms with van der Waals surface area (Å²) in [6, 6.07) is 0. The van der Waals surface area contributed by atoms with Gasteiger partial charge < -0.3 is 39.9 Å². The monoisotopic (exact) mass is 863 g/mol. The first kappa shape index (κ1) is 55.3. The van der Waals surface area contributed by atoms with Crippen molar-refractivity contribution in [1.29, 1.82) is 0 Å². The molecule has 14 heteroatoms. The van der Waals surface area contributed by atoms with Crippen molar-refractivity contribution in [2.24, 2.45) is 0 Å². The van der Waals surface area contributed by atoms with Crippen molar-refractivity contribution in [3.63, 3.8) is 0 Å². The Hall–Kier alpha value is -1.67. The lowest BCUT2D eigenvalue weighted by atomic mass is 9.85. The molecule has 0 saturated heterocycles. The third-order valence-corrected chi connectivity index (χ3v) is 11.8. The number of allylic oxidation sites excluding steroid dienone is 4. The van der Waals surface area contributed by atoms with Crippen LogP contribution in [0.3, 0.4) is 0 Å². The zero-order chi connectivity index (χ0) is 43.6. The van der Waals surface area contributed by atoms with Gasteiger partial charge in [-0.05, 0) is 44.9 Å². The molecule has 8 atom stereocenters. The van der Waals surface area contributed by atoms with Gasteiger partial charge in [0.25, 0.3) is 0 Å². The molecule has 13 nitrogen and oxygen atoms in total. The molecule has 0 aromatic heterocycles. The Kier molecular flexibility index (Phi) is 33.7. The number of carbonyl (C=O) groups is 2. The highest BCUT2D eigenvalue weighted by Crippen LogP contribution is 2.47. The predicted molar refractivity (Wildman–Crippen MR) is 230 cm³/mol. The van der Waals surface area contributed by atoms with Crippen LogP contribution in [0.15, 0.2) is 24.3 Å². The highest BCUT2D eigenvalue weighted by Gasteiger charge is 2.51. The molecule has 6 N–H and O–H groups in total. The SMILES string of the molecule is CCCCC/C=C/C/C=C/CCCCCCCC(=O)O[C@H](COC(=O)CCCCCCCCCCCCCCCCC)COP(=O)(O)OC1C(O)C(O)C(O)[C@@H](O)C1O. The van der Waals surface area contributed by atoms with Gasteiger partial charge in [-0.2, -0.15) is 0 Å². The van der Waals surface area contributed by atoms with Gasteiger partial charge in [0, 0.05) is 12.8 Å². The third kappa shape index (κ3) is 28.5. The zero-order valence-electron chi connectivity index (χ0n) is 36.6. The van der Waals surface area contributed by atoms with Gasteiger partial charge in [0.2, 0.25) is 0 Å². The van der Waals surface area contributed by atoms with E-state index in [1.807, 2.05) is 0 Å². The number of hydrogen-bond acceptors (Lipinski definition) is 12. The third-order valence-electron chi connectivity index (χ3n) is 10.8. The molecule has 59 heavy (non-hydrogen) atoms. The second-order valence-corrected chi connectivity index (χ2v) is 17.7. The first-order valence-corrected chi connectivity index (χ1v) is 24.6. The maximum absolute atomic E-state index is 12.8. The van der Waals surface area contributed by atoms with Crippen LogP contribution in [0.2, 0.25) is 0 Å². The normalized spacial score (nSPS) is 22.5. The Morgan fingerprint density at radius 2 is 0.915 bits per heavy atom. The summed E-state index contributed by atoms with van der Waals surface area (Å²) in [5, 5.41) is 50.1. The number of ether oxygens (including phenoxy) is 2. The smallest absolute Gasteiger partial charge is 0.462 e. The molecule has 1 rings (SSSR count). The average molecular weight is 863 g/mol. The van der Waals surface area contributed by atoms with Crippen molar-refractivity contribution in [1.82, 2.24) is 0 Å². The van der Waals surface area contributed by atoms with Crippen LogP contribution in [0, 0.1) is 0 Å². The van der Waals surface area contributed by atoms with Crippen LogP contribution in [-0.4, -0.2) is 98.3 Å². The number of carbonyl (C=O) groups excluding carboxylic acids is 2. The zero-order valence-corrected chi connectivity index (χ0v) is 37.4. The van der Waals surface area contributed by atoms with E-state index in [1.54, 1.807) is 0 Å². The second-order valence-electron chi connectivity index (χ2n) is 16.3. The van der Waals surface area contributed by atoms with Crippen LogP contribution < -0.4 is 0 Å². The maximum atomic E-state index is 12.8. The number of hydrogen-bond donors (Lipinski definition) is 6. The lowest BCUT2D eigenvalue weighted by Crippen LogP contribution is -2.64. The van der Waals surface area contributed by atoms with Crippen LogP contribution >= 0.6 is 7.82 Å². The molecular formula is C45H83O13P. The summed E-state index contributed by atoms with van der Waals surface area (Å²) in [4.78, 5) is 35.7. The Labute approximate surface area is 356 Å². The lowest BCUT2D eigenvalue weighted by molar-refractivity contribution is -0.220. The number of aliphatic hydroxyl groups excluding tert-OH is 5. The highest BCUT2D eigenvalue weighted by molar-refractivity contribution is 7.47. The summed E-state index contributed by atoms with van der Waals surface area (Å²) in [5.41, 5.74) is 0. The first-order valence-electron chi connectivity index (χ1n) is 23.1. The van der Waals surface area contributed by atoms with Crippen molar-refractivity contribution in [3.8, 4) is 0 Å². The Morgan fingerprint density at radius 1 is 0.525 bits per heavy atom. The van der Waals surface area contributed by atoms with Crippen LogP contribution in [-0.2, 0) is 32.7 Å². The Bertz CT molecular complexity index is 1130. The van der Waals surface area contributed by atoms with E-state index in [-0.39, 0.29) is 12.8 Å². The fourth-order valence-corrected chi connectivity index (χ4v) is 8.00. The van der Waals surface area contributed by atoms with E-state index in [0.29, 0.717) is 12.8 Å². The number of esters is 2. The van der Waals surface area contributed by atoms with Crippen molar-refractivity contribution in [2.75, 3.05) is 13.2 Å². The number of rotatable bonds is 38. The number of phosphoric ester groups is 1. The molecule has 346 valence electrons. The minimum Gasteiger partial charge on any atom is -0.462 e. The lowest BCUT2D eigenvalue weighted by Gasteiger charge is -2.41. The summed E-state index contributed by atoms with van der Waals surface area (Å²) in [7, 11) is -5.12. The molecule has 0 bridgehead atoms. The number of unbranched alkanes of at least 4 members (excludes halogenated alkanes) is 22. The highest BCUT2D eigenvalue weighted by atomic mass is 31.2. The van der Waals surface area contributed by atoms with Gasteiger partial charge in [-0.3, -0.25) is 18.6 Å². The number of phosphoric acid groups is 1. The van der Waals surface area contributed by atoms with Gasteiger partial charge in [-0.1, -0.05) is 160 Å². The van der Waals surface area contributed by atoms with Gasteiger partial charge in [-0.25, -0.2) is 4.57 Å². The van der Waals surface area contributed by atoms with E-state index in [9.17, 15) is 44.6 Å². The van der Waals surface area contributed by atoms with E-state index < -0.39 is 75.7 Å². The molecule has 0 radical (unpaired) electrons. The van der Waals surface area contributed by atoms with Gasteiger partial charge in [0.1, 0.15) is 43.2 Å². The first-order chi connectivity index (χ1) is 28.4. The van der Waals surface area contributed by atoms with Crippen molar-refractivity contribution in [2.45, 2.75) is 236 Å². The molecule has 0 spiro atoms. The minimum atomic E-state index is -5.12. The van der Waals surface area contributed by atoms with Crippen LogP contribution in [0.4, 0.5) is 0 Å². The van der Waals surface area contributed by atoms with E-state index in [1.165, 1.54) is 89.9 Å². The molecule has 1 aliphatic rings. The van der Waals surface area contributed by atoms with E-state index >= 15 is 0 Å². The van der Waals surface area contributed by atoms with Crippen LogP contribution in [0.1, 0.15) is 194 Å². The molecule has 1 aliphatic carbocycles. The van der Waals surface area contributed by atoms with Crippen LogP contribution in [0.5, 0.6) is 0 Å². The quantitative estimate of drug-likeness (QED) is 0.0149. The van der Waals surface area contributed by atoms with E-state index in [0.717, 1.165) is 64.2 Å². The van der Waals surface area contributed by atoms with E-state index in [4.69, 9.17) is 18.5 Å². The molecule has 0 amide bonds. The fraction of sp³-hybridized carbons (Fsp3) is 0.867. The standard InChI is InChI=1S/C45H83O13P/c1-3-5-7-9-11-13-15-17-19-21-23-25-27-29-31-33-38(46)55-35-37(36-56-59(53,54)58-45-43(51)41(49)40(48)42(50)44(45)52)57-39(47)34-32-30-28-26-24-22-20-18-16-14-12-10-8-6-4-2/h12,14,18,20,37,40-45,48-52H,3-11,13,15-17,19,21-36H2,1-2H3,(H,53,54)/b14-12+,20-18+/t37-,40?,41-,42?,43?,44?,45?/m1/s1. The summed E-state index contributed by atoms with van der Waals surface area (Å²) in [6.45, 7) is 3.27. The summed E-state index contributed by atoms with van der Waals surface area (Å²) in [5.74, 6) is -1.11. The Morgan fingerprint density at radius 3 is 1.41 bits per heavy atom.